The molecule has 0 bridgehead atoms. The quantitative estimate of drug-likeness (QED) is 0.830. The molecule has 0 aliphatic heterocycles. The van der Waals surface area contributed by atoms with Gasteiger partial charge >= 0.3 is 0 Å². The van der Waals surface area contributed by atoms with E-state index in [4.69, 9.17) is 10.2 Å². The lowest BCUT2D eigenvalue weighted by atomic mass is 10.2. The summed E-state index contributed by atoms with van der Waals surface area (Å²) in [6.07, 6.45) is 1.64. The van der Waals surface area contributed by atoms with Gasteiger partial charge in [-0.25, -0.2) is 4.39 Å². The van der Waals surface area contributed by atoms with E-state index in [0.29, 0.717) is 6.54 Å². The molecule has 84 valence electrons. The Morgan fingerprint density at radius 1 is 1.31 bits per heavy atom. The molecule has 0 spiro atoms. The van der Waals surface area contributed by atoms with Gasteiger partial charge in [0.25, 0.3) is 0 Å². The molecule has 16 heavy (non-hydrogen) atoms. The van der Waals surface area contributed by atoms with Crippen molar-refractivity contribution in [3.63, 3.8) is 0 Å². The number of furan rings is 1. The standard InChI is InChI=1S/C12H12FNOS/c13-10-3-4-12(9(6-10)7-14)16-8-11-2-1-5-15-11/h1-6H,7-8,14H2. The highest BCUT2D eigenvalue weighted by Gasteiger charge is 2.04. The second-order valence-electron chi connectivity index (χ2n) is 3.32. The maximum Gasteiger partial charge on any atom is 0.123 e. The first-order valence-corrected chi connectivity index (χ1v) is 5.92. The minimum Gasteiger partial charge on any atom is -0.468 e. The van der Waals surface area contributed by atoms with E-state index in [2.05, 4.69) is 0 Å². The zero-order chi connectivity index (χ0) is 11.4. The number of benzene rings is 1. The summed E-state index contributed by atoms with van der Waals surface area (Å²) in [7, 11) is 0. The number of rotatable bonds is 4. The van der Waals surface area contributed by atoms with Gasteiger partial charge in [-0.2, -0.15) is 0 Å². The zero-order valence-corrected chi connectivity index (χ0v) is 9.47. The van der Waals surface area contributed by atoms with Crippen molar-refractivity contribution in [1.29, 1.82) is 0 Å². The molecular formula is C12H12FNOS. The molecule has 0 unspecified atom stereocenters. The van der Waals surface area contributed by atoms with Crippen LogP contribution < -0.4 is 5.73 Å². The topological polar surface area (TPSA) is 39.2 Å². The number of hydrogen-bond donors (Lipinski definition) is 1. The number of hydrogen-bond acceptors (Lipinski definition) is 3. The molecule has 2 rings (SSSR count). The van der Waals surface area contributed by atoms with Crippen LogP contribution in [0.25, 0.3) is 0 Å². The zero-order valence-electron chi connectivity index (χ0n) is 8.65. The van der Waals surface area contributed by atoms with Crippen LogP contribution >= 0.6 is 11.8 Å². The molecule has 2 aromatic rings. The number of halogens is 1. The van der Waals surface area contributed by atoms with Crippen molar-refractivity contribution in [2.45, 2.75) is 17.2 Å². The number of thioether (sulfide) groups is 1. The van der Waals surface area contributed by atoms with Gasteiger partial charge in [0.2, 0.25) is 0 Å². The fourth-order valence-electron chi connectivity index (χ4n) is 1.39. The van der Waals surface area contributed by atoms with Crippen LogP contribution in [-0.2, 0) is 12.3 Å². The van der Waals surface area contributed by atoms with Gasteiger partial charge in [-0.05, 0) is 35.9 Å². The molecular weight excluding hydrogens is 225 g/mol. The van der Waals surface area contributed by atoms with Gasteiger partial charge < -0.3 is 10.2 Å². The third-order valence-corrected chi connectivity index (χ3v) is 3.33. The minimum absolute atomic E-state index is 0.247. The minimum atomic E-state index is -0.247. The van der Waals surface area contributed by atoms with Gasteiger partial charge in [0, 0.05) is 11.4 Å². The maximum absolute atomic E-state index is 13.0. The number of nitrogens with two attached hydrogens (primary N) is 1. The first-order valence-electron chi connectivity index (χ1n) is 4.93. The van der Waals surface area contributed by atoms with E-state index < -0.39 is 0 Å². The van der Waals surface area contributed by atoms with Crippen LogP contribution in [0.5, 0.6) is 0 Å². The Morgan fingerprint density at radius 3 is 2.88 bits per heavy atom. The third kappa shape index (κ3) is 2.65. The van der Waals surface area contributed by atoms with Crippen LogP contribution in [0.2, 0.25) is 0 Å². The van der Waals surface area contributed by atoms with E-state index in [1.807, 2.05) is 12.1 Å². The lowest BCUT2D eigenvalue weighted by Gasteiger charge is -2.06. The SMILES string of the molecule is NCc1cc(F)ccc1SCc1ccco1. The Labute approximate surface area is 97.6 Å². The molecule has 1 aromatic carbocycles. The van der Waals surface area contributed by atoms with Gasteiger partial charge in [0.05, 0.1) is 12.0 Å². The van der Waals surface area contributed by atoms with E-state index in [1.54, 1.807) is 24.1 Å². The molecule has 0 fully saturated rings. The van der Waals surface area contributed by atoms with Gasteiger partial charge in [-0.3, -0.25) is 0 Å². The molecule has 0 radical (unpaired) electrons. The maximum atomic E-state index is 13.0. The van der Waals surface area contributed by atoms with E-state index >= 15 is 0 Å². The Balaban J connectivity index is 2.09. The van der Waals surface area contributed by atoms with Gasteiger partial charge in [-0.1, -0.05) is 0 Å². The molecule has 4 heteroatoms. The Kier molecular flexibility index (Phi) is 3.64. The molecule has 0 saturated carbocycles. The lowest BCUT2D eigenvalue weighted by molar-refractivity contribution is 0.530. The van der Waals surface area contributed by atoms with Crippen molar-refractivity contribution >= 4 is 11.8 Å². The molecule has 0 aliphatic rings. The highest BCUT2D eigenvalue weighted by Crippen LogP contribution is 2.26. The fourth-order valence-corrected chi connectivity index (χ4v) is 2.35. The van der Waals surface area contributed by atoms with Gasteiger partial charge in [0.15, 0.2) is 0 Å². The van der Waals surface area contributed by atoms with Crippen molar-refractivity contribution in [3.8, 4) is 0 Å². The molecule has 0 saturated heterocycles. The second kappa shape index (κ2) is 5.18. The molecule has 0 atom stereocenters. The third-order valence-electron chi connectivity index (χ3n) is 2.19. The van der Waals surface area contributed by atoms with Gasteiger partial charge in [-0.15, -0.1) is 11.8 Å². The summed E-state index contributed by atoms with van der Waals surface area (Å²) in [5, 5.41) is 0. The van der Waals surface area contributed by atoms with Crippen molar-refractivity contribution in [1.82, 2.24) is 0 Å². The Morgan fingerprint density at radius 2 is 2.19 bits per heavy atom. The van der Waals surface area contributed by atoms with Crippen LogP contribution in [0.1, 0.15) is 11.3 Å². The average Bonchev–Trinajstić information content (AvgIpc) is 2.80. The fraction of sp³-hybridized carbons (Fsp3) is 0.167. The van der Waals surface area contributed by atoms with Crippen LogP contribution in [0.4, 0.5) is 4.39 Å². The van der Waals surface area contributed by atoms with Crippen molar-refractivity contribution < 1.29 is 8.81 Å². The summed E-state index contributed by atoms with van der Waals surface area (Å²) in [6.45, 7) is 0.345. The van der Waals surface area contributed by atoms with Gasteiger partial charge in [0.1, 0.15) is 11.6 Å². The van der Waals surface area contributed by atoms with Crippen molar-refractivity contribution in [2.24, 2.45) is 5.73 Å². The lowest BCUT2D eigenvalue weighted by Crippen LogP contribution is -1.99. The normalized spacial score (nSPS) is 10.6. The van der Waals surface area contributed by atoms with Crippen molar-refractivity contribution in [2.75, 3.05) is 0 Å². The van der Waals surface area contributed by atoms with Crippen molar-refractivity contribution in [3.05, 3.63) is 53.7 Å². The predicted octanol–water partition coefficient (Wildman–Crippen LogP) is 3.17. The highest BCUT2D eigenvalue weighted by molar-refractivity contribution is 7.98. The molecule has 0 aliphatic carbocycles. The molecule has 1 aromatic heterocycles. The highest BCUT2D eigenvalue weighted by atomic mass is 32.2. The van der Waals surface area contributed by atoms with E-state index in [-0.39, 0.29) is 5.82 Å². The summed E-state index contributed by atoms with van der Waals surface area (Å²) in [4.78, 5) is 1.00. The monoisotopic (exact) mass is 237 g/mol. The van der Waals surface area contributed by atoms with Crippen LogP contribution in [0.3, 0.4) is 0 Å². The smallest absolute Gasteiger partial charge is 0.123 e. The summed E-state index contributed by atoms with van der Waals surface area (Å²) in [5.74, 6) is 1.38. The molecule has 0 amide bonds. The Bertz CT molecular complexity index is 456. The van der Waals surface area contributed by atoms with Crippen LogP contribution in [0.15, 0.2) is 45.9 Å². The summed E-state index contributed by atoms with van der Waals surface area (Å²) < 4.78 is 18.2. The predicted molar refractivity (Wildman–Crippen MR) is 62.6 cm³/mol. The van der Waals surface area contributed by atoms with E-state index in [9.17, 15) is 4.39 Å². The second-order valence-corrected chi connectivity index (χ2v) is 4.34. The summed E-state index contributed by atoms with van der Waals surface area (Å²) in [6, 6.07) is 8.45. The van der Waals surface area contributed by atoms with E-state index in [0.717, 1.165) is 22.0 Å². The molecule has 2 nitrogen and oxygen atoms in total. The van der Waals surface area contributed by atoms with E-state index in [1.165, 1.54) is 12.1 Å². The first kappa shape index (κ1) is 11.2. The average molecular weight is 237 g/mol. The largest absolute Gasteiger partial charge is 0.468 e. The molecule has 2 N–H and O–H groups in total. The molecule has 1 heterocycles. The van der Waals surface area contributed by atoms with Crippen LogP contribution in [-0.4, -0.2) is 0 Å². The first-order chi connectivity index (χ1) is 7.79. The summed E-state index contributed by atoms with van der Waals surface area (Å²) in [5.41, 5.74) is 6.40. The Hall–Kier alpha value is -1.26. The van der Waals surface area contributed by atoms with Crippen LogP contribution in [0, 0.1) is 5.82 Å². The summed E-state index contributed by atoms with van der Waals surface area (Å²) >= 11 is 1.60.